The number of benzene rings is 1. The van der Waals surface area contributed by atoms with E-state index in [1.54, 1.807) is 6.92 Å². The van der Waals surface area contributed by atoms with E-state index in [0.29, 0.717) is 6.07 Å². The first-order chi connectivity index (χ1) is 9.56. The Morgan fingerprint density at radius 3 is 2.38 bits per heavy atom. The highest BCUT2D eigenvalue weighted by atomic mass is 32.2. The van der Waals surface area contributed by atoms with Crippen LogP contribution in [0.2, 0.25) is 0 Å². The quantitative estimate of drug-likeness (QED) is 0.605. The van der Waals surface area contributed by atoms with Gasteiger partial charge in [-0.3, -0.25) is 10.1 Å². The number of halogens is 2. The Morgan fingerprint density at radius 2 is 1.95 bits per heavy atom. The van der Waals surface area contributed by atoms with E-state index in [9.17, 15) is 27.3 Å². The van der Waals surface area contributed by atoms with Crippen molar-refractivity contribution in [3.63, 3.8) is 0 Å². The van der Waals surface area contributed by atoms with Gasteiger partial charge in [0, 0.05) is 12.1 Å². The summed E-state index contributed by atoms with van der Waals surface area (Å²) in [6.07, 6.45) is 0.188. The second-order valence-electron chi connectivity index (χ2n) is 4.67. The van der Waals surface area contributed by atoms with Crippen LogP contribution in [0, 0.1) is 21.7 Å². The zero-order valence-corrected chi connectivity index (χ0v) is 12.1. The molecule has 1 atom stereocenters. The Balaban J connectivity index is 3.39. The number of nitrogens with zero attached hydrogens (tertiary/aromatic N) is 1. The summed E-state index contributed by atoms with van der Waals surface area (Å²) in [6.45, 7) is 2.40. The van der Waals surface area contributed by atoms with E-state index in [1.165, 1.54) is 6.92 Å². The van der Waals surface area contributed by atoms with E-state index >= 15 is 0 Å². The minimum absolute atomic E-state index is 0.134. The van der Waals surface area contributed by atoms with Gasteiger partial charge in [0.2, 0.25) is 15.8 Å². The fourth-order valence-corrected chi connectivity index (χ4v) is 3.01. The lowest BCUT2D eigenvalue weighted by Crippen LogP contribution is -2.48. The topological polar surface area (TPSA) is 110 Å². The maximum Gasteiger partial charge on any atom is 0.306 e. The Bertz CT molecular complexity index is 659. The smallest absolute Gasteiger partial charge is 0.306 e. The van der Waals surface area contributed by atoms with Crippen LogP contribution in [0.4, 0.5) is 14.5 Å². The van der Waals surface area contributed by atoms with Crippen LogP contribution < -0.4 is 4.72 Å². The number of nitrogens with one attached hydrogen (secondary N) is 1. The number of nitro groups is 1. The Morgan fingerprint density at radius 1 is 1.38 bits per heavy atom. The largest absolute Gasteiger partial charge is 0.394 e. The maximum absolute atomic E-state index is 13.6. The molecule has 0 saturated carbocycles. The Hall–Kier alpha value is -1.65. The number of aliphatic hydroxyl groups is 1. The van der Waals surface area contributed by atoms with Crippen molar-refractivity contribution in [3.8, 4) is 0 Å². The van der Waals surface area contributed by atoms with Crippen molar-refractivity contribution < 1.29 is 27.2 Å². The molecule has 10 heteroatoms. The van der Waals surface area contributed by atoms with E-state index in [0.717, 1.165) is 0 Å². The first-order valence-electron chi connectivity index (χ1n) is 5.84. The molecule has 0 radical (unpaired) electrons. The van der Waals surface area contributed by atoms with Gasteiger partial charge in [-0.1, -0.05) is 6.92 Å². The van der Waals surface area contributed by atoms with Crippen molar-refractivity contribution in [2.24, 2.45) is 0 Å². The van der Waals surface area contributed by atoms with Crippen molar-refractivity contribution in [1.29, 1.82) is 0 Å². The van der Waals surface area contributed by atoms with Gasteiger partial charge >= 0.3 is 5.69 Å². The molecule has 0 spiro atoms. The van der Waals surface area contributed by atoms with Crippen LogP contribution in [0.5, 0.6) is 0 Å². The van der Waals surface area contributed by atoms with Crippen molar-refractivity contribution in [3.05, 3.63) is 33.9 Å². The molecule has 21 heavy (non-hydrogen) atoms. The van der Waals surface area contributed by atoms with E-state index in [1.807, 2.05) is 4.72 Å². The van der Waals surface area contributed by atoms with Crippen LogP contribution in [0.3, 0.4) is 0 Å². The molecule has 1 rings (SSSR count). The molecule has 0 aromatic heterocycles. The molecule has 0 aliphatic heterocycles. The lowest BCUT2D eigenvalue weighted by molar-refractivity contribution is -0.387. The molecule has 0 bridgehead atoms. The Kier molecular flexibility index (Phi) is 4.97. The van der Waals surface area contributed by atoms with Gasteiger partial charge in [-0.05, 0) is 13.3 Å². The molecule has 0 heterocycles. The van der Waals surface area contributed by atoms with Crippen LogP contribution in [0.1, 0.15) is 20.3 Å². The van der Waals surface area contributed by atoms with Crippen LogP contribution in [-0.2, 0) is 10.0 Å². The van der Waals surface area contributed by atoms with E-state index in [4.69, 9.17) is 5.11 Å². The van der Waals surface area contributed by atoms with Crippen molar-refractivity contribution >= 4 is 15.7 Å². The molecule has 0 aliphatic carbocycles. The third kappa shape index (κ3) is 3.71. The summed E-state index contributed by atoms with van der Waals surface area (Å²) in [5, 5.41) is 19.8. The van der Waals surface area contributed by atoms with Gasteiger partial charge in [-0.15, -0.1) is 0 Å². The van der Waals surface area contributed by atoms with Gasteiger partial charge in [-0.2, -0.15) is 4.39 Å². The predicted molar refractivity (Wildman–Crippen MR) is 69.1 cm³/mol. The SMILES string of the molecule is CCC(C)(CO)NS(=O)(=O)c1cc([N+](=O)[O-])c(F)cc1F. The summed E-state index contributed by atoms with van der Waals surface area (Å²) in [5.41, 5.74) is -2.42. The molecule has 7 nitrogen and oxygen atoms in total. The zero-order valence-electron chi connectivity index (χ0n) is 11.3. The van der Waals surface area contributed by atoms with Gasteiger partial charge in [0.05, 0.1) is 17.1 Å². The highest BCUT2D eigenvalue weighted by Gasteiger charge is 2.32. The highest BCUT2D eigenvalue weighted by molar-refractivity contribution is 7.89. The zero-order chi connectivity index (χ0) is 16.4. The van der Waals surface area contributed by atoms with Gasteiger partial charge in [0.15, 0.2) is 0 Å². The van der Waals surface area contributed by atoms with Crippen molar-refractivity contribution in [1.82, 2.24) is 4.72 Å². The molecular formula is C11H14F2N2O5S. The van der Waals surface area contributed by atoms with Crippen LogP contribution in [0.25, 0.3) is 0 Å². The minimum atomic E-state index is -4.50. The number of hydrogen-bond acceptors (Lipinski definition) is 5. The molecule has 1 aromatic rings. The number of sulfonamides is 1. The lowest BCUT2D eigenvalue weighted by Gasteiger charge is -2.26. The summed E-state index contributed by atoms with van der Waals surface area (Å²) in [6, 6.07) is 0.440. The first kappa shape index (κ1) is 17.4. The highest BCUT2D eigenvalue weighted by Crippen LogP contribution is 2.26. The van der Waals surface area contributed by atoms with E-state index in [-0.39, 0.29) is 12.5 Å². The third-order valence-corrected chi connectivity index (χ3v) is 4.65. The second-order valence-corrected chi connectivity index (χ2v) is 6.32. The molecule has 2 N–H and O–H groups in total. The first-order valence-corrected chi connectivity index (χ1v) is 7.33. The van der Waals surface area contributed by atoms with Gasteiger partial charge in [-0.25, -0.2) is 17.5 Å². The summed E-state index contributed by atoms with van der Waals surface area (Å²) < 4.78 is 53.0. The monoisotopic (exact) mass is 324 g/mol. The number of rotatable bonds is 6. The van der Waals surface area contributed by atoms with Crippen LogP contribution >= 0.6 is 0 Å². The molecule has 0 aliphatic rings. The summed E-state index contributed by atoms with van der Waals surface area (Å²) in [5.74, 6) is -2.93. The number of hydrogen-bond donors (Lipinski definition) is 2. The molecule has 0 saturated heterocycles. The predicted octanol–water partition coefficient (Wildman–Crippen LogP) is 1.31. The molecule has 118 valence electrons. The van der Waals surface area contributed by atoms with Crippen LogP contribution in [0.15, 0.2) is 17.0 Å². The fraction of sp³-hybridized carbons (Fsp3) is 0.455. The summed E-state index contributed by atoms with van der Waals surface area (Å²) >= 11 is 0. The molecular weight excluding hydrogens is 310 g/mol. The fourth-order valence-electron chi connectivity index (χ4n) is 1.46. The molecule has 1 aromatic carbocycles. The molecule has 1 unspecified atom stereocenters. The third-order valence-electron chi connectivity index (χ3n) is 3.00. The standard InChI is InChI=1S/C11H14F2N2O5S/c1-3-11(2,6-16)14-21(19,20)10-5-9(15(17)18)7(12)4-8(10)13/h4-5,14,16H,3,6H2,1-2H3. The van der Waals surface area contributed by atoms with Crippen molar-refractivity contribution in [2.75, 3.05) is 6.61 Å². The normalized spacial score (nSPS) is 14.7. The lowest BCUT2D eigenvalue weighted by atomic mass is 10.0. The van der Waals surface area contributed by atoms with E-state index < -0.39 is 49.3 Å². The Labute approximate surface area is 119 Å². The number of nitro benzene ring substituents is 1. The summed E-state index contributed by atoms with van der Waals surface area (Å²) in [7, 11) is -4.50. The van der Waals surface area contributed by atoms with Crippen molar-refractivity contribution in [2.45, 2.75) is 30.7 Å². The maximum atomic E-state index is 13.6. The van der Waals surface area contributed by atoms with E-state index in [2.05, 4.69) is 0 Å². The van der Waals surface area contributed by atoms with Gasteiger partial charge in [0.25, 0.3) is 0 Å². The number of aliphatic hydroxyl groups excluding tert-OH is 1. The average Bonchev–Trinajstić information content (AvgIpc) is 2.37. The van der Waals surface area contributed by atoms with Crippen LogP contribution in [-0.4, -0.2) is 30.6 Å². The summed E-state index contributed by atoms with van der Waals surface area (Å²) in [4.78, 5) is 8.39. The van der Waals surface area contributed by atoms with Gasteiger partial charge in [0.1, 0.15) is 10.7 Å². The minimum Gasteiger partial charge on any atom is -0.394 e. The second kappa shape index (κ2) is 6.00. The molecule has 0 fully saturated rings. The molecule has 0 amide bonds. The average molecular weight is 324 g/mol. The van der Waals surface area contributed by atoms with Gasteiger partial charge < -0.3 is 5.11 Å².